The highest BCUT2D eigenvalue weighted by Crippen LogP contribution is 2.36. The Morgan fingerprint density at radius 2 is 1.94 bits per heavy atom. The molecule has 0 aliphatic rings. The van der Waals surface area contributed by atoms with Crippen LogP contribution in [0.25, 0.3) is 21.7 Å². The third-order valence-corrected chi connectivity index (χ3v) is 5.46. The molecule has 2 aromatic heterocycles. The molecule has 32 heavy (non-hydrogen) atoms. The van der Waals surface area contributed by atoms with E-state index in [1.807, 2.05) is 0 Å². The lowest BCUT2D eigenvalue weighted by atomic mass is 10.1. The van der Waals surface area contributed by atoms with E-state index < -0.39 is 11.9 Å². The molecule has 0 fully saturated rings. The molecule has 0 bridgehead atoms. The van der Waals surface area contributed by atoms with Crippen LogP contribution in [0.5, 0.6) is 0 Å². The van der Waals surface area contributed by atoms with Gasteiger partial charge in [-0.15, -0.1) is 0 Å². The van der Waals surface area contributed by atoms with Crippen molar-refractivity contribution in [3.8, 4) is 0 Å². The Morgan fingerprint density at radius 1 is 1.19 bits per heavy atom. The van der Waals surface area contributed by atoms with Crippen LogP contribution < -0.4 is 16.2 Å². The maximum atomic E-state index is 13.6. The smallest absolute Gasteiger partial charge is 0.256 e. The van der Waals surface area contributed by atoms with Gasteiger partial charge in [0.1, 0.15) is 11.6 Å². The topological polar surface area (TPSA) is 99.3 Å². The molecule has 0 amide bonds. The Kier molecular flexibility index (Phi) is 6.48. The fourth-order valence-electron chi connectivity index (χ4n) is 3.43. The van der Waals surface area contributed by atoms with E-state index in [9.17, 15) is 14.3 Å². The van der Waals surface area contributed by atoms with E-state index in [0.717, 1.165) is 12.1 Å². The van der Waals surface area contributed by atoms with Gasteiger partial charge in [0.05, 0.1) is 39.3 Å². The number of H-pyrrole nitrogens is 1. The van der Waals surface area contributed by atoms with Crippen LogP contribution >= 0.6 is 23.2 Å². The number of aromatic amines is 1. The molecule has 0 spiro atoms. The molecule has 4 N–H and O–H groups in total. The van der Waals surface area contributed by atoms with Crippen LogP contribution in [0, 0.1) is 5.82 Å². The van der Waals surface area contributed by atoms with Crippen molar-refractivity contribution in [2.24, 2.45) is 0 Å². The summed E-state index contributed by atoms with van der Waals surface area (Å²) in [6.07, 6.45) is 0.839. The minimum absolute atomic E-state index is 0.0871. The predicted octanol–water partition coefficient (Wildman–Crippen LogP) is 4.69. The second-order valence-electron chi connectivity index (χ2n) is 7.15. The van der Waals surface area contributed by atoms with Gasteiger partial charge in [0, 0.05) is 36.3 Å². The number of halogens is 3. The zero-order valence-electron chi connectivity index (χ0n) is 16.9. The maximum Gasteiger partial charge on any atom is 0.256 e. The number of ether oxygens (including phenoxy) is 1. The largest absolute Gasteiger partial charge is 0.389 e. The summed E-state index contributed by atoms with van der Waals surface area (Å²) in [5, 5.41) is 17.8. The van der Waals surface area contributed by atoms with Crippen LogP contribution in [0.4, 0.5) is 21.6 Å². The summed E-state index contributed by atoms with van der Waals surface area (Å²) >= 11 is 12.3. The van der Waals surface area contributed by atoms with Gasteiger partial charge in [-0.1, -0.05) is 23.2 Å². The molecular formula is C22H19Cl2FN4O3. The number of pyridine rings is 2. The number of hydrogen-bond donors (Lipinski definition) is 4. The lowest BCUT2D eigenvalue weighted by Gasteiger charge is -2.15. The number of aromatic nitrogens is 2. The second kappa shape index (κ2) is 9.30. The highest BCUT2D eigenvalue weighted by Gasteiger charge is 2.15. The van der Waals surface area contributed by atoms with Gasteiger partial charge in [-0.2, -0.15) is 0 Å². The number of nitrogens with one attached hydrogen (secondary N) is 3. The minimum atomic E-state index is -0.675. The van der Waals surface area contributed by atoms with Gasteiger partial charge in [-0.05, 0) is 36.4 Å². The van der Waals surface area contributed by atoms with E-state index in [-0.39, 0.29) is 34.4 Å². The molecule has 0 aliphatic heterocycles. The Morgan fingerprint density at radius 3 is 2.66 bits per heavy atom. The van der Waals surface area contributed by atoms with E-state index in [1.165, 1.54) is 13.3 Å². The van der Waals surface area contributed by atoms with Crippen LogP contribution in [-0.2, 0) is 4.74 Å². The summed E-state index contributed by atoms with van der Waals surface area (Å²) in [5.41, 5.74) is 1.25. The number of methoxy groups -OCH3 is 1. The monoisotopic (exact) mass is 476 g/mol. The highest BCUT2D eigenvalue weighted by atomic mass is 35.5. The molecule has 4 aromatic rings. The number of rotatable bonds is 7. The van der Waals surface area contributed by atoms with Crippen molar-refractivity contribution < 1.29 is 14.2 Å². The quantitative estimate of drug-likeness (QED) is 0.289. The van der Waals surface area contributed by atoms with Crippen molar-refractivity contribution in [3.05, 3.63) is 68.8 Å². The average molecular weight is 477 g/mol. The van der Waals surface area contributed by atoms with Crippen molar-refractivity contribution in [1.82, 2.24) is 9.97 Å². The van der Waals surface area contributed by atoms with Crippen molar-refractivity contribution in [1.29, 1.82) is 0 Å². The highest BCUT2D eigenvalue weighted by molar-refractivity contribution is 6.39. The van der Waals surface area contributed by atoms with Crippen LogP contribution in [0.3, 0.4) is 0 Å². The lowest BCUT2D eigenvalue weighted by molar-refractivity contribution is 0.0727. The molecule has 2 heterocycles. The van der Waals surface area contributed by atoms with Crippen LogP contribution in [-0.4, -0.2) is 41.4 Å². The fourth-order valence-corrected chi connectivity index (χ4v) is 3.98. The van der Waals surface area contributed by atoms with Gasteiger partial charge < -0.3 is 25.5 Å². The van der Waals surface area contributed by atoms with Gasteiger partial charge >= 0.3 is 0 Å². The molecule has 166 valence electrons. The summed E-state index contributed by atoms with van der Waals surface area (Å²) in [5.74, 6) is -0.209. The SMILES string of the molecule is COCC(O)CNc1ccc2nc(Nc3c(Cl)cc(F)cc3Cl)c3cc[nH]c(=O)c3c2c1. The van der Waals surface area contributed by atoms with Gasteiger partial charge in [-0.25, -0.2) is 9.37 Å². The zero-order chi connectivity index (χ0) is 22.8. The van der Waals surface area contributed by atoms with Crippen molar-refractivity contribution in [3.63, 3.8) is 0 Å². The zero-order valence-corrected chi connectivity index (χ0v) is 18.4. The summed E-state index contributed by atoms with van der Waals surface area (Å²) in [4.78, 5) is 20.1. The molecule has 0 aliphatic carbocycles. The van der Waals surface area contributed by atoms with Gasteiger partial charge in [-0.3, -0.25) is 4.79 Å². The first-order valence-electron chi connectivity index (χ1n) is 9.65. The third-order valence-electron chi connectivity index (χ3n) is 4.87. The van der Waals surface area contributed by atoms with E-state index in [1.54, 1.807) is 24.3 Å². The lowest BCUT2D eigenvalue weighted by Crippen LogP contribution is -2.24. The van der Waals surface area contributed by atoms with E-state index in [4.69, 9.17) is 27.9 Å². The maximum absolute atomic E-state index is 13.6. The van der Waals surface area contributed by atoms with Crippen LogP contribution in [0.1, 0.15) is 0 Å². The van der Waals surface area contributed by atoms with E-state index >= 15 is 0 Å². The number of benzene rings is 2. The molecule has 4 rings (SSSR count). The predicted molar refractivity (Wildman–Crippen MR) is 126 cm³/mol. The molecule has 0 saturated heterocycles. The Hall–Kier alpha value is -2.91. The van der Waals surface area contributed by atoms with Crippen molar-refractivity contribution in [2.75, 3.05) is 30.9 Å². The summed E-state index contributed by atoms with van der Waals surface area (Å²) in [6.45, 7) is 0.483. The number of anilines is 3. The van der Waals surface area contributed by atoms with Crippen LogP contribution in [0.2, 0.25) is 10.0 Å². The molecule has 2 aromatic carbocycles. The Balaban J connectivity index is 1.81. The molecule has 1 unspecified atom stereocenters. The number of fused-ring (bicyclic) bond motifs is 3. The summed E-state index contributed by atoms with van der Waals surface area (Å²) in [6, 6.07) is 9.33. The van der Waals surface area contributed by atoms with E-state index in [2.05, 4.69) is 20.6 Å². The first-order valence-corrected chi connectivity index (χ1v) is 10.4. The minimum Gasteiger partial charge on any atom is -0.389 e. The molecule has 0 radical (unpaired) electrons. The standard InChI is InChI=1S/C22H19Cl2FN4O3/c1-32-10-13(30)9-27-12-2-3-18-15(8-12)19-14(4-5-26-22(19)31)21(28-18)29-20-16(23)6-11(25)7-17(20)24/h2-8,13,27,30H,9-10H2,1H3,(H,26,31)(H,28,29). The second-order valence-corrected chi connectivity index (χ2v) is 7.96. The summed E-state index contributed by atoms with van der Waals surface area (Å²) in [7, 11) is 1.52. The third kappa shape index (κ3) is 4.49. The number of aliphatic hydroxyl groups excluding tert-OH is 1. The number of nitrogens with zero attached hydrogens (tertiary/aromatic N) is 1. The molecule has 0 saturated carbocycles. The molecule has 1 atom stereocenters. The van der Waals surface area contributed by atoms with E-state index in [0.29, 0.717) is 33.2 Å². The van der Waals surface area contributed by atoms with Gasteiger partial charge in [0.2, 0.25) is 0 Å². The average Bonchev–Trinajstić information content (AvgIpc) is 2.75. The molecule has 10 heteroatoms. The normalized spacial score (nSPS) is 12.3. The first-order chi connectivity index (χ1) is 15.4. The number of hydrogen-bond acceptors (Lipinski definition) is 6. The van der Waals surface area contributed by atoms with Crippen LogP contribution in [0.15, 0.2) is 47.4 Å². The van der Waals surface area contributed by atoms with Gasteiger partial charge in [0.25, 0.3) is 5.56 Å². The number of aliphatic hydroxyl groups is 1. The van der Waals surface area contributed by atoms with Crippen molar-refractivity contribution in [2.45, 2.75) is 6.10 Å². The Labute approximate surface area is 192 Å². The molecule has 7 nitrogen and oxygen atoms in total. The Bertz CT molecular complexity index is 1340. The van der Waals surface area contributed by atoms with Gasteiger partial charge in [0.15, 0.2) is 0 Å². The first kappa shape index (κ1) is 22.3. The van der Waals surface area contributed by atoms with Crippen molar-refractivity contribution >= 4 is 62.1 Å². The fraction of sp³-hybridized carbons (Fsp3) is 0.182. The summed E-state index contributed by atoms with van der Waals surface area (Å²) < 4.78 is 18.5. The molecular weight excluding hydrogens is 458 g/mol.